The Hall–Kier alpha value is -4.06. The number of carbonyl (C=O) groups is 2. The van der Waals surface area contributed by atoms with Crippen LogP contribution in [0.15, 0.2) is 89.3 Å². The van der Waals surface area contributed by atoms with Gasteiger partial charge in [-0.15, -0.1) is 0 Å². The first-order valence-electron chi connectivity index (χ1n) is 10.8. The van der Waals surface area contributed by atoms with Crippen molar-refractivity contribution >= 4 is 22.8 Å². The Kier molecular flexibility index (Phi) is 7.05. The third kappa shape index (κ3) is 6.01. The lowest BCUT2D eigenvalue weighted by Gasteiger charge is -2.18. The third-order valence-electron chi connectivity index (χ3n) is 5.37. The number of amides is 2. The second-order valence-corrected chi connectivity index (χ2v) is 7.80. The van der Waals surface area contributed by atoms with Crippen LogP contribution in [0.2, 0.25) is 0 Å². The number of nitrogens with one attached hydrogen (secondary N) is 2. The Balaban J connectivity index is 1.46. The van der Waals surface area contributed by atoms with Crippen LogP contribution < -0.4 is 15.4 Å². The molecule has 4 aromatic rings. The average Bonchev–Trinajstić information content (AvgIpc) is 3.25. The molecule has 4 rings (SSSR count). The fraction of sp³-hybridized carbons (Fsp3) is 0.185. The van der Waals surface area contributed by atoms with E-state index < -0.39 is 6.04 Å². The van der Waals surface area contributed by atoms with Crippen LogP contribution in [0.1, 0.15) is 16.9 Å². The molecule has 0 fully saturated rings. The Morgan fingerprint density at radius 3 is 2.36 bits per heavy atom. The van der Waals surface area contributed by atoms with E-state index in [1.165, 1.54) is 0 Å². The molecule has 0 aliphatic rings. The molecule has 0 saturated heterocycles. The molecule has 6 heteroatoms. The molecular formula is C27H26N2O4. The summed E-state index contributed by atoms with van der Waals surface area (Å²) in [5.74, 6) is 0.863. The molecule has 0 saturated carbocycles. The Morgan fingerprint density at radius 1 is 0.909 bits per heavy atom. The van der Waals surface area contributed by atoms with Crippen LogP contribution in [0.5, 0.6) is 5.75 Å². The standard InChI is InChI=1S/C27H26N2O4/c1-32-22-13-11-19(12-14-22)15-26(30)29-24(27(31)28-18-20-7-3-2-4-8-20)17-23-16-21-9-5-6-10-25(21)33-23/h2-14,16,24H,15,17-18H2,1H3,(H,28,31)(H,29,30). The number of rotatable bonds is 9. The minimum atomic E-state index is -0.764. The Morgan fingerprint density at radius 2 is 1.64 bits per heavy atom. The number of carbonyl (C=O) groups excluding carboxylic acids is 2. The molecule has 6 nitrogen and oxygen atoms in total. The zero-order valence-corrected chi connectivity index (χ0v) is 18.4. The van der Waals surface area contributed by atoms with Crippen molar-refractivity contribution in [3.05, 3.63) is 102 Å². The smallest absolute Gasteiger partial charge is 0.243 e. The number of benzene rings is 3. The Labute approximate surface area is 192 Å². The van der Waals surface area contributed by atoms with Crippen LogP contribution >= 0.6 is 0 Å². The molecule has 33 heavy (non-hydrogen) atoms. The highest BCUT2D eigenvalue weighted by atomic mass is 16.5. The zero-order valence-electron chi connectivity index (χ0n) is 18.4. The topological polar surface area (TPSA) is 80.6 Å². The van der Waals surface area contributed by atoms with E-state index in [9.17, 15) is 9.59 Å². The zero-order chi connectivity index (χ0) is 23.0. The molecule has 0 spiro atoms. The normalized spacial score (nSPS) is 11.7. The second kappa shape index (κ2) is 10.5. The van der Waals surface area contributed by atoms with Crippen LogP contribution in [-0.2, 0) is 29.0 Å². The first-order valence-corrected chi connectivity index (χ1v) is 10.8. The van der Waals surface area contributed by atoms with Gasteiger partial charge in [0.25, 0.3) is 0 Å². The molecule has 1 unspecified atom stereocenters. The van der Waals surface area contributed by atoms with E-state index >= 15 is 0 Å². The van der Waals surface area contributed by atoms with Gasteiger partial charge in [-0.05, 0) is 35.4 Å². The van der Waals surface area contributed by atoms with Gasteiger partial charge in [-0.2, -0.15) is 0 Å². The maximum Gasteiger partial charge on any atom is 0.243 e. The quantitative estimate of drug-likeness (QED) is 0.410. The molecular weight excluding hydrogens is 416 g/mol. The fourth-order valence-electron chi connectivity index (χ4n) is 3.63. The van der Waals surface area contributed by atoms with Gasteiger partial charge in [-0.3, -0.25) is 9.59 Å². The van der Waals surface area contributed by atoms with Crippen molar-refractivity contribution in [1.29, 1.82) is 0 Å². The summed E-state index contributed by atoms with van der Waals surface area (Å²) in [6.07, 6.45) is 0.413. The van der Waals surface area contributed by atoms with Gasteiger partial charge >= 0.3 is 0 Å². The molecule has 168 valence electrons. The first-order chi connectivity index (χ1) is 16.1. The van der Waals surface area contributed by atoms with Crippen LogP contribution in [0.3, 0.4) is 0 Å². The SMILES string of the molecule is COc1ccc(CC(=O)NC(Cc2cc3ccccc3o2)C(=O)NCc2ccccc2)cc1. The molecule has 3 aromatic carbocycles. The van der Waals surface area contributed by atoms with Crippen molar-refractivity contribution in [2.45, 2.75) is 25.4 Å². The van der Waals surface area contributed by atoms with Gasteiger partial charge in [0.05, 0.1) is 13.5 Å². The highest BCUT2D eigenvalue weighted by Gasteiger charge is 2.23. The number of methoxy groups -OCH3 is 1. The summed E-state index contributed by atoms with van der Waals surface area (Å²) in [4.78, 5) is 25.8. The minimum Gasteiger partial charge on any atom is -0.497 e. The van der Waals surface area contributed by atoms with Crippen LogP contribution in [0.25, 0.3) is 11.0 Å². The maximum absolute atomic E-state index is 13.0. The summed E-state index contributed by atoms with van der Waals surface area (Å²) in [5, 5.41) is 6.77. The van der Waals surface area contributed by atoms with Crippen LogP contribution in [-0.4, -0.2) is 25.0 Å². The molecule has 2 N–H and O–H groups in total. The van der Waals surface area contributed by atoms with Crippen molar-refractivity contribution in [3.63, 3.8) is 0 Å². The lowest BCUT2D eigenvalue weighted by atomic mass is 10.1. The molecule has 0 aliphatic heterocycles. The van der Waals surface area contributed by atoms with Gasteiger partial charge < -0.3 is 19.8 Å². The fourth-order valence-corrected chi connectivity index (χ4v) is 3.63. The van der Waals surface area contributed by atoms with Gasteiger partial charge in [0.1, 0.15) is 23.1 Å². The van der Waals surface area contributed by atoms with Crippen LogP contribution in [0, 0.1) is 0 Å². The summed E-state index contributed by atoms with van der Waals surface area (Å²) in [6.45, 7) is 0.380. The van der Waals surface area contributed by atoms with Gasteiger partial charge in [0, 0.05) is 18.4 Å². The molecule has 1 aromatic heterocycles. The van der Waals surface area contributed by atoms with Crippen molar-refractivity contribution in [2.75, 3.05) is 7.11 Å². The highest BCUT2D eigenvalue weighted by Crippen LogP contribution is 2.20. The molecule has 0 bridgehead atoms. The summed E-state index contributed by atoms with van der Waals surface area (Å²) in [7, 11) is 1.60. The third-order valence-corrected chi connectivity index (χ3v) is 5.37. The number of para-hydroxylation sites is 1. The molecule has 0 aliphatic carbocycles. The van der Waals surface area contributed by atoms with E-state index in [0.29, 0.717) is 12.3 Å². The average molecular weight is 443 g/mol. The molecule has 0 radical (unpaired) electrons. The number of hydrogen-bond donors (Lipinski definition) is 2. The van der Waals surface area contributed by atoms with E-state index in [-0.39, 0.29) is 24.7 Å². The molecule has 1 heterocycles. The number of hydrogen-bond acceptors (Lipinski definition) is 4. The number of fused-ring (bicyclic) bond motifs is 1. The van der Waals surface area contributed by atoms with Gasteiger partial charge in [-0.25, -0.2) is 0 Å². The first kappa shape index (κ1) is 22.1. The number of furan rings is 1. The lowest BCUT2D eigenvalue weighted by molar-refractivity contribution is -0.128. The van der Waals surface area contributed by atoms with Gasteiger partial charge in [0.2, 0.25) is 11.8 Å². The summed E-state index contributed by atoms with van der Waals surface area (Å²) in [6, 6.07) is 25.7. The predicted molar refractivity (Wildman–Crippen MR) is 127 cm³/mol. The van der Waals surface area contributed by atoms with Crippen molar-refractivity contribution in [2.24, 2.45) is 0 Å². The summed E-state index contributed by atoms with van der Waals surface area (Å²) < 4.78 is 11.1. The highest BCUT2D eigenvalue weighted by molar-refractivity contribution is 5.88. The van der Waals surface area contributed by atoms with Crippen molar-refractivity contribution in [1.82, 2.24) is 10.6 Å². The largest absolute Gasteiger partial charge is 0.497 e. The van der Waals surface area contributed by atoms with Gasteiger partial charge in [-0.1, -0.05) is 60.7 Å². The van der Waals surface area contributed by atoms with E-state index in [4.69, 9.17) is 9.15 Å². The number of ether oxygens (including phenoxy) is 1. The predicted octanol–water partition coefficient (Wildman–Crippen LogP) is 4.03. The molecule has 1 atom stereocenters. The van der Waals surface area contributed by atoms with E-state index in [1.54, 1.807) is 19.2 Å². The monoisotopic (exact) mass is 442 g/mol. The van der Waals surface area contributed by atoms with Crippen molar-refractivity contribution in [3.8, 4) is 5.75 Å². The van der Waals surface area contributed by atoms with Crippen molar-refractivity contribution < 1.29 is 18.7 Å². The van der Waals surface area contributed by atoms with E-state index in [2.05, 4.69) is 10.6 Å². The van der Waals surface area contributed by atoms with Gasteiger partial charge in [0.15, 0.2) is 0 Å². The maximum atomic E-state index is 13.0. The minimum absolute atomic E-state index is 0.159. The lowest BCUT2D eigenvalue weighted by Crippen LogP contribution is -2.48. The van der Waals surface area contributed by atoms with Crippen LogP contribution in [0.4, 0.5) is 0 Å². The van der Waals surface area contributed by atoms with E-state index in [0.717, 1.165) is 27.8 Å². The Bertz CT molecular complexity index is 1180. The van der Waals surface area contributed by atoms with E-state index in [1.807, 2.05) is 72.8 Å². The summed E-state index contributed by atoms with van der Waals surface area (Å²) in [5.41, 5.74) is 2.57. The summed E-state index contributed by atoms with van der Waals surface area (Å²) >= 11 is 0. The second-order valence-electron chi connectivity index (χ2n) is 7.80. The molecule has 2 amide bonds.